The molecular weight excluding hydrogens is 148 g/mol. The van der Waals surface area contributed by atoms with E-state index in [0.29, 0.717) is 12.5 Å². The molecule has 11 heavy (non-hydrogen) atoms. The number of methoxy groups -OCH3 is 1. The van der Waals surface area contributed by atoms with Gasteiger partial charge in [0.25, 0.3) is 0 Å². The Morgan fingerprint density at radius 3 is 2.73 bits per heavy atom. The number of hydrazone groups is 1. The van der Waals surface area contributed by atoms with Crippen molar-refractivity contribution in [2.24, 2.45) is 5.10 Å². The van der Waals surface area contributed by atoms with Crippen molar-refractivity contribution >= 4 is 12.0 Å². The van der Waals surface area contributed by atoms with Crippen molar-refractivity contribution < 1.29 is 14.3 Å². The van der Waals surface area contributed by atoms with Gasteiger partial charge in [-0.15, -0.1) is 5.10 Å². The van der Waals surface area contributed by atoms with Gasteiger partial charge in [0.15, 0.2) is 0 Å². The second-order valence-electron chi connectivity index (χ2n) is 1.67. The monoisotopic (exact) mass is 160 g/mol. The molecule has 0 aliphatic rings. The third kappa shape index (κ3) is 5.20. The predicted molar refractivity (Wildman–Crippen MR) is 40.3 cm³/mol. The van der Waals surface area contributed by atoms with Crippen molar-refractivity contribution in [2.45, 2.75) is 13.8 Å². The Labute approximate surface area is 65.4 Å². The minimum atomic E-state index is -0.607. The summed E-state index contributed by atoms with van der Waals surface area (Å²) in [5.41, 5.74) is 2.12. The topological polar surface area (TPSA) is 59.9 Å². The van der Waals surface area contributed by atoms with Crippen molar-refractivity contribution in [1.82, 2.24) is 5.43 Å². The van der Waals surface area contributed by atoms with Gasteiger partial charge < -0.3 is 9.47 Å². The van der Waals surface area contributed by atoms with E-state index in [2.05, 4.69) is 15.3 Å². The van der Waals surface area contributed by atoms with Crippen LogP contribution in [0.15, 0.2) is 5.10 Å². The molecule has 0 aromatic heterocycles. The highest BCUT2D eigenvalue weighted by Gasteiger charge is 1.94. The summed E-state index contributed by atoms with van der Waals surface area (Å²) in [6.07, 6.45) is -0.607. The van der Waals surface area contributed by atoms with Gasteiger partial charge in [-0.2, -0.15) is 0 Å². The molecule has 0 bridgehead atoms. The smallest absolute Gasteiger partial charge is 0.427 e. The molecule has 0 aliphatic heterocycles. The molecular formula is C6H12N2O3. The van der Waals surface area contributed by atoms with Crippen molar-refractivity contribution in [3.8, 4) is 0 Å². The van der Waals surface area contributed by atoms with Crippen LogP contribution in [0.25, 0.3) is 0 Å². The molecule has 0 rings (SSSR count). The average Bonchev–Trinajstić information content (AvgIpc) is 2.01. The highest BCUT2D eigenvalue weighted by molar-refractivity contribution is 5.75. The van der Waals surface area contributed by atoms with Crippen LogP contribution >= 0.6 is 0 Å². The van der Waals surface area contributed by atoms with Gasteiger partial charge in [0.1, 0.15) is 0 Å². The number of hydrogen-bond donors (Lipinski definition) is 1. The third-order valence-electron chi connectivity index (χ3n) is 0.843. The lowest BCUT2D eigenvalue weighted by Crippen LogP contribution is -2.19. The molecule has 0 spiro atoms. The summed E-state index contributed by atoms with van der Waals surface area (Å²) in [6, 6.07) is 0. The Bertz CT molecular complexity index is 156. The first-order valence-corrected chi connectivity index (χ1v) is 3.21. The molecule has 0 aliphatic carbocycles. The maximum absolute atomic E-state index is 10.4. The highest BCUT2D eigenvalue weighted by Crippen LogP contribution is 1.79. The molecule has 0 aromatic rings. The molecule has 5 nitrogen and oxygen atoms in total. The zero-order chi connectivity index (χ0) is 8.69. The second kappa shape index (κ2) is 5.52. The molecule has 0 unspecified atom stereocenters. The molecule has 0 atom stereocenters. The number of ether oxygens (including phenoxy) is 2. The fourth-order valence-corrected chi connectivity index (χ4v) is 0.411. The zero-order valence-electron chi connectivity index (χ0n) is 6.88. The quantitative estimate of drug-likeness (QED) is 0.367. The van der Waals surface area contributed by atoms with Gasteiger partial charge in [0.2, 0.25) is 5.90 Å². The van der Waals surface area contributed by atoms with Crippen LogP contribution in [0.5, 0.6) is 0 Å². The molecule has 0 aromatic carbocycles. The number of nitrogens with one attached hydrogen (secondary N) is 1. The number of hydrogen-bond acceptors (Lipinski definition) is 4. The molecule has 0 radical (unpaired) electrons. The molecule has 1 N–H and O–H groups in total. The summed E-state index contributed by atoms with van der Waals surface area (Å²) in [7, 11) is 1.26. The van der Waals surface area contributed by atoms with Gasteiger partial charge in [-0.1, -0.05) is 0 Å². The van der Waals surface area contributed by atoms with Crippen LogP contribution in [0.2, 0.25) is 0 Å². The normalized spacial score (nSPS) is 10.6. The average molecular weight is 160 g/mol. The number of nitrogens with zero attached hydrogens (tertiary/aromatic N) is 1. The van der Waals surface area contributed by atoms with E-state index in [-0.39, 0.29) is 0 Å². The standard InChI is InChI=1S/C6H12N2O3/c1-4-11-5(2)7-8-6(9)10-3/h4H2,1-3H3,(H,8,9)/b7-5+. The van der Waals surface area contributed by atoms with E-state index in [1.165, 1.54) is 7.11 Å². The van der Waals surface area contributed by atoms with Crippen LogP contribution in [0.1, 0.15) is 13.8 Å². The fraction of sp³-hybridized carbons (Fsp3) is 0.667. The molecule has 0 fully saturated rings. The van der Waals surface area contributed by atoms with Crippen molar-refractivity contribution in [2.75, 3.05) is 13.7 Å². The van der Waals surface area contributed by atoms with E-state index in [4.69, 9.17) is 4.74 Å². The van der Waals surface area contributed by atoms with Crippen LogP contribution in [0.4, 0.5) is 4.79 Å². The van der Waals surface area contributed by atoms with E-state index in [1.807, 2.05) is 6.92 Å². The Morgan fingerprint density at radius 2 is 2.27 bits per heavy atom. The molecule has 0 saturated heterocycles. The van der Waals surface area contributed by atoms with E-state index in [0.717, 1.165) is 0 Å². The highest BCUT2D eigenvalue weighted by atomic mass is 16.5. The SMILES string of the molecule is CCO/C(C)=N/NC(=O)OC. The maximum atomic E-state index is 10.4. The van der Waals surface area contributed by atoms with Gasteiger partial charge in [0, 0.05) is 6.92 Å². The second-order valence-corrected chi connectivity index (χ2v) is 1.67. The van der Waals surface area contributed by atoms with Gasteiger partial charge in [-0.3, -0.25) is 0 Å². The zero-order valence-corrected chi connectivity index (χ0v) is 6.88. The lowest BCUT2D eigenvalue weighted by molar-refractivity contribution is 0.171. The van der Waals surface area contributed by atoms with Gasteiger partial charge >= 0.3 is 6.09 Å². The summed E-state index contributed by atoms with van der Waals surface area (Å²) in [5.74, 6) is 0.401. The van der Waals surface area contributed by atoms with E-state index >= 15 is 0 Å². The largest absolute Gasteiger partial charge is 0.480 e. The fourth-order valence-electron chi connectivity index (χ4n) is 0.411. The molecule has 0 heterocycles. The minimum absolute atomic E-state index is 0.401. The van der Waals surface area contributed by atoms with Gasteiger partial charge in [0.05, 0.1) is 13.7 Å². The Hall–Kier alpha value is -1.26. The van der Waals surface area contributed by atoms with Crippen molar-refractivity contribution in [3.63, 3.8) is 0 Å². The number of carbonyl (C=O) groups excluding carboxylic acids is 1. The Balaban J connectivity index is 3.63. The minimum Gasteiger partial charge on any atom is -0.480 e. The summed E-state index contributed by atoms with van der Waals surface area (Å²) < 4.78 is 9.18. The predicted octanol–water partition coefficient (Wildman–Crippen LogP) is 0.712. The Morgan fingerprint density at radius 1 is 1.64 bits per heavy atom. The molecule has 64 valence electrons. The van der Waals surface area contributed by atoms with Crippen LogP contribution in [0.3, 0.4) is 0 Å². The first kappa shape index (κ1) is 9.74. The lowest BCUT2D eigenvalue weighted by Gasteiger charge is -2.00. The van der Waals surface area contributed by atoms with Crippen LogP contribution < -0.4 is 5.43 Å². The van der Waals surface area contributed by atoms with Crippen molar-refractivity contribution in [3.05, 3.63) is 0 Å². The maximum Gasteiger partial charge on any atom is 0.427 e. The molecule has 0 saturated carbocycles. The molecule has 1 amide bonds. The molecule has 5 heteroatoms. The first-order chi connectivity index (χ1) is 5.20. The van der Waals surface area contributed by atoms with E-state index in [9.17, 15) is 4.79 Å². The summed E-state index contributed by atoms with van der Waals surface area (Å²) in [5, 5.41) is 3.55. The van der Waals surface area contributed by atoms with Crippen LogP contribution in [-0.2, 0) is 9.47 Å². The van der Waals surface area contributed by atoms with Crippen molar-refractivity contribution in [1.29, 1.82) is 0 Å². The summed E-state index contributed by atoms with van der Waals surface area (Å²) >= 11 is 0. The van der Waals surface area contributed by atoms with Crippen LogP contribution in [0, 0.1) is 0 Å². The number of rotatable bonds is 2. The van der Waals surface area contributed by atoms with Crippen LogP contribution in [-0.4, -0.2) is 25.7 Å². The lowest BCUT2D eigenvalue weighted by atomic mass is 10.7. The number of carbonyl (C=O) groups is 1. The van der Waals surface area contributed by atoms with E-state index < -0.39 is 6.09 Å². The first-order valence-electron chi connectivity index (χ1n) is 3.21. The van der Waals surface area contributed by atoms with Gasteiger partial charge in [-0.25, -0.2) is 10.2 Å². The van der Waals surface area contributed by atoms with Gasteiger partial charge in [-0.05, 0) is 6.92 Å². The summed E-state index contributed by atoms with van der Waals surface area (Å²) in [4.78, 5) is 10.4. The Kier molecular flexibility index (Phi) is 4.89. The summed E-state index contributed by atoms with van der Waals surface area (Å²) in [6.45, 7) is 3.99. The van der Waals surface area contributed by atoms with E-state index in [1.54, 1.807) is 6.92 Å². The number of amides is 1. The third-order valence-corrected chi connectivity index (χ3v) is 0.843.